The Bertz CT molecular complexity index is 953. The highest BCUT2D eigenvalue weighted by Gasteiger charge is 2.38. The first kappa shape index (κ1) is 16.3. The molecule has 1 fully saturated rings. The van der Waals surface area contributed by atoms with Gasteiger partial charge in [-0.3, -0.25) is 9.59 Å². The van der Waals surface area contributed by atoms with Gasteiger partial charge in [0.1, 0.15) is 11.0 Å². The van der Waals surface area contributed by atoms with Crippen LogP contribution in [0, 0.1) is 5.92 Å². The fourth-order valence-electron chi connectivity index (χ4n) is 3.57. The number of carbonyl (C=O) groups is 2. The van der Waals surface area contributed by atoms with Crippen molar-refractivity contribution in [3.63, 3.8) is 0 Å². The van der Waals surface area contributed by atoms with E-state index in [1.54, 1.807) is 30.1 Å². The smallest absolute Gasteiger partial charge is 0.229 e. The molecule has 4 rings (SSSR count). The molecule has 1 saturated heterocycles. The molecule has 7 nitrogen and oxygen atoms in total. The van der Waals surface area contributed by atoms with E-state index in [1.165, 1.54) is 0 Å². The number of amides is 2. The molecule has 2 heterocycles. The molecule has 0 radical (unpaired) electrons. The van der Waals surface area contributed by atoms with Crippen molar-refractivity contribution in [3.05, 3.63) is 54.1 Å². The maximum absolute atomic E-state index is 13.0. The molecular formula is C19H19N5O2. The van der Waals surface area contributed by atoms with Gasteiger partial charge < -0.3 is 10.2 Å². The largest absolute Gasteiger partial charge is 0.338 e. The number of piperidine rings is 1. The molecule has 0 saturated carbocycles. The molecule has 26 heavy (non-hydrogen) atoms. The quantitative estimate of drug-likeness (QED) is 0.760. The first-order chi connectivity index (χ1) is 12.6. The van der Waals surface area contributed by atoms with Gasteiger partial charge in [0.15, 0.2) is 0 Å². The SMILES string of the molecule is CN1C(=O)CCC(C(=O)Nc2ccc3n[nH]nc3c2)C1c1ccccc1. The molecule has 0 spiro atoms. The van der Waals surface area contributed by atoms with Crippen LogP contribution in [0.1, 0.15) is 24.4 Å². The van der Waals surface area contributed by atoms with Crippen molar-refractivity contribution < 1.29 is 9.59 Å². The third-order valence-corrected chi connectivity index (χ3v) is 4.92. The van der Waals surface area contributed by atoms with E-state index in [0.29, 0.717) is 24.0 Å². The molecule has 2 aromatic carbocycles. The van der Waals surface area contributed by atoms with Gasteiger partial charge in [-0.05, 0) is 30.2 Å². The molecule has 2 amide bonds. The Kier molecular flexibility index (Phi) is 4.12. The van der Waals surface area contributed by atoms with Crippen LogP contribution in [0.4, 0.5) is 5.69 Å². The summed E-state index contributed by atoms with van der Waals surface area (Å²) in [6, 6.07) is 14.8. The molecule has 1 aliphatic rings. The lowest BCUT2D eigenvalue weighted by Crippen LogP contribution is -2.44. The number of anilines is 1. The summed E-state index contributed by atoms with van der Waals surface area (Å²) in [6.45, 7) is 0. The van der Waals surface area contributed by atoms with Crippen LogP contribution in [-0.4, -0.2) is 39.2 Å². The highest BCUT2D eigenvalue weighted by atomic mass is 16.2. The average Bonchev–Trinajstić information content (AvgIpc) is 3.12. The fraction of sp³-hybridized carbons (Fsp3) is 0.263. The highest BCUT2D eigenvalue weighted by Crippen LogP contribution is 2.36. The van der Waals surface area contributed by atoms with E-state index in [4.69, 9.17) is 0 Å². The van der Waals surface area contributed by atoms with E-state index in [-0.39, 0.29) is 23.8 Å². The lowest BCUT2D eigenvalue weighted by atomic mass is 9.84. The van der Waals surface area contributed by atoms with E-state index in [1.807, 2.05) is 30.3 Å². The van der Waals surface area contributed by atoms with Crippen molar-refractivity contribution in [2.75, 3.05) is 12.4 Å². The fourth-order valence-corrected chi connectivity index (χ4v) is 3.57. The molecule has 2 atom stereocenters. The molecule has 2 N–H and O–H groups in total. The van der Waals surface area contributed by atoms with Gasteiger partial charge in [0.25, 0.3) is 0 Å². The molecule has 7 heteroatoms. The Hall–Kier alpha value is -3.22. The molecular weight excluding hydrogens is 330 g/mol. The first-order valence-corrected chi connectivity index (χ1v) is 8.55. The van der Waals surface area contributed by atoms with Crippen molar-refractivity contribution in [1.82, 2.24) is 20.3 Å². The minimum atomic E-state index is -0.312. The Balaban J connectivity index is 1.60. The second-order valence-corrected chi connectivity index (χ2v) is 6.52. The molecule has 1 aliphatic heterocycles. The summed E-state index contributed by atoms with van der Waals surface area (Å²) in [5.74, 6) is -0.346. The van der Waals surface area contributed by atoms with E-state index < -0.39 is 0 Å². The van der Waals surface area contributed by atoms with Crippen LogP contribution in [0.25, 0.3) is 11.0 Å². The molecule has 1 aromatic heterocycles. The van der Waals surface area contributed by atoms with Crippen molar-refractivity contribution in [2.24, 2.45) is 5.92 Å². The number of hydrogen-bond donors (Lipinski definition) is 2. The number of aromatic amines is 1. The van der Waals surface area contributed by atoms with E-state index >= 15 is 0 Å². The standard InChI is InChI=1S/C19H19N5O2/c1-24-17(25)10-8-14(18(24)12-5-3-2-4-6-12)19(26)20-13-7-9-15-16(11-13)22-23-21-15/h2-7,9,11,14,18H,8,10H2,1H3,(H,20,26)(H,21,22,23). The van der Waals surface area contributed by atoms with Gasteiger partial charge in [-0.2, -0.15) is 15.4 Å². The predicted octanol–water partition coefficient (Wildman–Crippen LogP) is 2.51. The van der Waals surface area contributed by atoms with Gasteiger partial charge in [-0.1, -0.05) is 30.3 Å². The van der Waals surface area contributed by atoms with Crippen LogP contribution < -0.4 is 5.32 Å². The maximum Gasteiger partial charge on any atom is 0.229 e. The summed E-state index contributed by atoms with van der Waals surface area (Å²) in [6.07, 6.45) is 0.904. The zero-order chi connectivity index (χ0) is 18.1. The summed E-state index contributed by atoms with van der Waals surface area (Å²) in [4.78, 5) is 26.9. The number of H-pyrrole nitrogens is 1. The molecule has 2 unspecified atom stereocenters. The highest BCUT2D eigenvalue weighted by molar-refractivity contribution is 5.96. The Morgan fingerprint density at radius 3 is 2.73 bits per heavy atom. The van der Waals surface area contributed by atoms with E-state index in [2.05, 4.69) is 20.7 Å². The number of likely N-dealkylation sites (tertiary alicyclic amines) is 1. The number of benzene rings is 2. The number of fused-ring (bicyclic) bond motifs is 1. The minimum Gasteiger partial charge on any atom is -0.338 e. The van der Waals surface area contributed by atoms with Crippen LogP contribution in [-0.2, 0) is 9.59 Å². The number of nitrogens with zero attached hydrogens (tertiary/aromatic N) is 3. The molecule has 132 valence electrons. The zero-order valence-electron chi connectivity index (χ0n) is 14.3. The first-order valence-electron chi connectivity index (χ1n) is 8.55. The van der Waals surface area contributed by atoms with Gasteiger partial charge >= 0.3 is 0 Å². The van der Waals surface area contributed by atoms with E-state index in [0.717, 1.165) is 11.1 Å². The minimum absolute atomic E-state index is 0.0620. The van der Waals surface area contributed by atoms with Crippen LogP contribution >= 0.6 is 0 Å². The summed E-state index contributed by atoms with van der Waals surface area (Å²) >= 11 is 0. The third-order valence-electron chi connectivity index (χ3n) is 4.92. The monoisotopic (exact) mass is 349 g/mol. The Labute approximate surface area is 150 Å². The van der Waals surface area contributed by atoms with Crippen molar-refractivity contribution in [2.45, 2.75) is 18.9 Å². The van der Waals surface area contributed by atoms with Gasteiger partial charge in [0, 0.05) is 19.2 Å². The third kappa shape index (κ3) is 2.92. The average molecular weight is 349 g/mol. The summed E-state index contributed by atoms with van der Waals surface area (Å²) in [5.41, 5.74) is 3.07. The second-order valence-electron chi connectivity index (χ2n) is 6.52. The summed E-state index contributed by atoms with van der Waals surface area (Å²) < 4.78 is 0. The second kappa shape index (κ2) is 6.59. The lowest BCUT2D eigenvalue weighted by Gasteiger charge is -2.38. The van der Waals surface area contributed by atoms with Crippen LogP contribution in [0.5, 0.6) is 0 Å². The zero-order valence-corrected chi connectivity index (χ0v) is 14.3. The van der Waals surface area contributed by atoms with Gasteiger partial charge in [-0.25, -0.2) is 0 Å². The predicted molar refractivity (Wildman–Crippen MR) is 97.2 cm³/mol. The number of rotatable bonds is 3. The normalized spacial score (nSPS) is 20.3. The summed E-state index contributed by atoms with van der Waals surface area (Å²) in [7, 11) is 1.76. The topological polar surface area (TPSA) is 91.0 Å². The molecule has 0 aliphatic carbocycles. The van der Waals surface area contributed by atoms with Gasteiger partial charge in [0.2, 0.25) is 11.8 Å². The summed E-state index contributed by atoms with van der Waals surface area (Å²) in [5, 5.41) is 13.6. The lowest BCUT2D eigenvalue weighted by molar-refractivity contribution is -0.140. The van der Waals surface area contributed by atoms with Crippen LogP contribution in [0.3, 0.4) is 0 Å². The van der Waals surface area contributed by atoms with Crippen molar-refractivity contribution in [1.29, 1.82) is 0 Å². The number of carbonyl (C=O) groups excluding carboxylic acids is 2. The number of nitrogens with one attached hydrogen (secondary N) is 2. The van der Waals surface area contributed by atoms with Crippen molar-refractivity contribution in [3.8, 4) is 0 Å². The molecule has 0 bridgehead atoms. The molecule has 3 aromatic rings. The van der Waals surface area contributed by atoms with Gasteiger partial charge in [0.05, 0.1) is 12.0 Å². The van der Waals surface area contributed by atoms with E-state index in [9.17, 15) is 9.59 Å². The van der Waals surface area contributed by atoms with Crippen LogP contribution in [0.2, 0.25) is 0 Å². The number of aromatic nitrogens is 3. The maximum atomic E-state index is 13.0. The van der Waals surface area contributed by atoms with Crippen molar-refractivity contribution >= 4 is 28.5 Å². The van der Waals surface area contributed by atoms with Gasteiger partial charge in [-0.15, -0.1) is 0 Å². The number of hydrogen-bond acceptors (Lipinski definition) is 4. The Morgan fingerprint density at radius 1 is 1.15 bits per heavy atom. The Morgan fingerprint density at radius 2 is 1.92 bits per heavy atom. The van der Waals surface area contributed by atoms with Crippen LogP contribution in [0.15, 0.2) is 48.5 Å².